The third-order valence-electron chi connectivity index (χ3n) is 4.35. The van der Waals surface area contributed by atoms with Crippen LogP contribution in [0.25, 0.3) is 0 Å². The van der Waals surface area contributed by atoms with Crippen LogP contribution in [0.15, 0.2) is 4.99 Å². The molecule has 0 amide bonds. The van der Waals surface area contributed by atoms with Crippen LogP contribution in [0.1, 0.15) is 64.2 Å². The first-order valence-electron chi connectivity index (χ1n) is 8.80. The van der Waals surface area contributed by atoms with E-state index >= 15 is 0 Å². The topological polar surface area (TPSA) is 45.7 Å². The number of rotatable bonds is 10. The molecular weight excluding hydrogens is 262 g/mol. The molecule has 4 nitrogen and oxygen atoms in total. The van der Waals surface area contributed by atoms with E-state index in [1.54, 1.807) is 7.11 Å². The van der Waals surface area contributed by atoms with Crippen molar-refractivity contribution in [2.24, 2.45) is 10.9 Å². The van der Waals surface area contributed by atoms with E-state index in [0.29, 0.717) is 0 Å². The number of hydrogen-bond donors (Lipinski definition) is 2. The molecule has 0 aromatic carbocycles. The van der Waals surface area contributed by atoms with Gasteiger partial charge in [0.1, 0.15) is 0 Å². The van der Waals surface area contributed by atoms with Gasteiger partial charge in [0, 0.05) is 33.9 Å². The minimum absolute atomic E-state index is 0.869. The average molecular weight is 297 g/mol. The van der Waals surface area contributed by atoms with Gasteiger partial charge in [-0.3, -0.25) is 4.99 Å². The lowest BCUT2D eigenvalue weighted by Crippen LogP contribution is -2.38. The molecule has 0 bridgehead atoms. The predicted octanol–water partition coefficient (Wildman–Crippen LogP) is 3.33. The van der Waals surface area contributed by atoms with Crippen molar-refractivity contribution in [2.75, 3.05) is 33.9 Å². The van der Waals surface area contributed by atoms with E-state index in [9.17, 15) is 0 Å². The van der Waals surface area contributed by atoms with E-state index in [4.69, 9.17) is 4.74 Å². The van der Waals surface area contributed by atoms with E-state index < -0.39 is 0 Å². The third kappa shape index (κ3) is 9.72. The van der Waals surface area contributed by atoms with E-state index in [2.05, 4.69) is 15.6 Å². The molecule has 1 aliphatic carbocycles. The van der Waals surface area contributed by atoms with E-state index in [1.165, 1.54) is 57.8 Å². The highest BCUT2D eigenvalue weighted by Crippen LogP contribution is 2.26. The zero-order chi connectivity index (χ0) is 15.2. The molecule has 0 aliphatic heterocycles. The van der Waals surface area contributed by atoms with Crippen LogP contribution in [-0.4, -0.2) is 39.8 Å². The summed E-state index contributed by atoms with van der Waals surface area (Å²) in [5.74, 6) is 1.93. The number of hydrogen-bond acceptors (Lipinski definition) is 2. The highest BCUT2D eigenvalue weighted by molar-refractivity contribution is 5.79. The van der Waals surface area contributed by atoms with Crippen molar-refractivity contribution >= 4 is 5.96 Å². The molecule has 1 rings (SSSR count). The number of nitrogens with one attached hydrogen (secondary N) is 2. The van der Waals surface area contributed by atoms with Crippen molar-refractivity contribution in [3.63, 3.8) is 0 Å². The quantitative estimate of drug-likeness (QED) is 0.369. The maximum Gasteiger partial charge on any atom is 0.190 e. The van der Waals surface area contributed by atoms with Crippen LogP contribution in [-0.2, 0) is 4.74 Å². The Balaban J connectivity index is 1.95. The summed E-state index contributed by atoms with van der Waals surface area (Å²) >= 11 is 0. The van der Waals surface area contributed by atoms with Gasteiger partial charge in [0.15, 0.2) is 5.96 Å². The van der Waals surface area contributed by atoms with E-state index in [-0.39, 0.29) is 0 Å². The smallest absolute Gasteiger partial charge is 0.190 e. The molecule has 0 aromatic heterocycles. The first-order chi connectivity index (χ1) is 10.4. The fraction of sp³-hybridized carbons (Fsp3) is 0.941. The first kappa shape index (κ1) is 18.3. The third-order valence-corrected chi connectivity index (χ3v) is 4.35. The van der Waals surface area contributed by atoms with Gasteiger partial charge in [-0.25, -0.2) is 0 Å². The summed E-state index contributed by atoms with van der Waals surface area (Å²) in [6, 6.07) is 0. The molecule has 0 atom stereocenters. The second-order valence-corrected chi connectivity index (χ2v) is 6.13. The zero-order valence-electron chi connectivity index (χ0n) is 14.1. The number of ether oxygens (including phenoxy) is 1. The number of methoxy groups -OCH3 is 1. The lowest BCUT2D eigenvalue weighted by atomic mass is 9.86. The minimum Gasteiger partial charge on any atom is -0.385 e. The largest absolute Gasteiger partial charge is 0.385 e. The van der Waals surface area contributed by atoms with Crippen LogP contribution >= 0.6 is 0 Å². The molecule has 4 heteroatoms. The number of unbranched alkanes of at least 4 members (excludes halogenated alkanes) is 2. The summed E-state index contributed by atoms with van der Waals surface area (Å²) in [5, 5.41) is 6.81. The van der Waals surface area contributed by atoms with Crippen LogP contribution in [0, 0.1) is 5.92 Å². The van der Waals surface area contributed by atoms with Crippen LogP contribution in [0.3, 0.4) is 0 Å². The lowest BCUT2D eigenvalue weighted by molar-refractivity contribution is 0.192. The summed E-state index contributed by atoms with van der Waals surface area (Å²) < 4.78 is 5.05. The fourth-order valence-electron chi connectivity index (χ4n) is 3.05. The molecule has 1 aliphatic rings. The molecule has 0 spiro atoms. The van der Waals surface area contributed by atoms with Crippen LogP contribution in [0.5, 0.6) is 0 Å². The Morgan fingerprint density at radius 1 is 1.00 bits per heavy atom. The van der Waals surface area contributed by atoms with Crippen LogP contribution in [0.2, 0.25) is 0 Å². The van der Waals surface area contributed by atoms with Crippen molar-refractivity contribution in [1.82, 2.24) is 10.6 Å². The maximum absolute atomic E-state index is 5.05. The Bertz CT molecular complexity index is 263. The number of nitrogens with zero attached hydrogens (tertiary/aromatic N) is 1. The Kier molecular flexibility index (Phi) is 11.3. The highest BCUT2D eigenvalue weighted by Gasteiger charge is 2.12. The highest BCUT2D eigenvalue weighted by atomic mass is 16.5. The van der Waals surface area contributed by atoms with E-state index in [0.717, 1.165) is 38.0 Å². The van der Waals surface area contributed by atoms with Crippen molar-refractivity contribution in [3.8, 4) is 0 Å². The Hall–Kier alpha value is -0.770. The zero-order valence-corrected chi connectivity index (χ0v) is 14.1. The predicted molar refractivity (Wildman–Crippen MR) is 90.9 cm³/mol. The second kappa shape index (κ2) is 12.9. The molecule has 0 aromatic rings. The normalized spacial score (nSPS) is 17.0. The lowest BCUT2D eigenvalue weighted by Gasteiger charge is -2.21. The number of guanidine groups is 1. The van der Waals surface area contributed by atoms with Gasteiger partial charge in [0.2, 0.25) is 0 Å². The fourth-order valence-corrected chi connectivity index (χ4v) is 3.05. The first-order valence-corrected chi connectivity index (χ1v) is 8.80. The van der Waals surface area contributed by atoms with Gasteiger partial charge in [0.05, 0.1) is 0 Å². The van der Waals surface area contributed by atoms with E-state index in [1.807, 2.05) is 7.05 Å². The van der Waals surface area contributed by atoms with Crippen molar-refractivity contribution in [3.05, 3.63) is 0 Å². The average Bonchev–Trinajstić information content (AvgIpc) is 2.53. The molecule has 0 saturated heterocycles. The van der Waals surface area contributed by atoms with Gasteiger partial charge in [-0.2, -0.15) is 0 Å². The summed E-state index contributed by atoms with van der Waals surface area (Å²) in [6.45, 7) is 2.90. The van der Waals surface area contributed by atoms with Crippen LogP contribution in [0.4, 0.5) is 0 Å². The molecule has 0 unspecified atom stereocenters. The van der Waals surface area contributed by atoms with Gasteiger partial charge in [-0.05, 0) is 38.0 Å². The van der Waals surface area contributed by atoms with Gasteiger partial charge in [-0.15, -0.1) is 0 Å². The van der Waals surface area contributed by atoms with Gasteiger partial charge >= 0.3 is 0 Å². The Morgan fingerprint density at radius 2 is 1.71 bits per heavy atom. The van der Waals surface area contributed by atoms with Gasteiger partial charge in [-0.1, -0.05) is 32.1 Å². The summed E-state index contributed by atoms with van der Waals surface area (Å²) in [4.78, 5) is 4.28. The minimum atomic E-state index is 0.869. The van der Waals surface area contributed by atoms with Crippen molar-refractivity contribution in [1.29, 1.82) is 0 Å². The molecule has 0 radical (unpaired) electrons. The summed E-state index contributed by atoms with van der Waals surface area (Å²) in [7, 11) is 3.61. The maximum atomic E-state index is 5.05. The molecule has 21 heavy (non-hydrogen) atoms. The Morgan fingerprint density at radius 3 is 2.38 bits per heavy atom. The molecule has 0 heterocycles. The molecule has 1 saturated carbocycles. The SMILES string of the molecule is CN=C(NCCCCCOC)NCCCC1CCCCC1. The molecule has 1 fully saturated rings. The number of aliphatic imine (C=N–C) groups is 1. The van der Waals surface area contributed by atoms with Crippen molar-refractivity contribution < 1.29 is 4.74 Å². The summed E-state index contributed by atoms with van der Waals surface area (Å²) in [5.41, 5.74) is 0. The standard InChI is InChI=1S/C17H35N3O/c1-18-17(19-13-7-4-8-15-21-2)20-14-9-12-16-10-5-3-6-11-16/h16H,3-15H2,1-2H3,(H2,18,19,20). The Labute approximate surface area is 131 Å². The second-order valence-electron chi connectivity index (χ2n) is 6.13. The summed E-state index contributed by atoms with van der Waals surface area (Å²) in [6.07, 6.45) is 13.4. The van der Waals surface area contributed by atoms with Crippen LogP contribution < -0.4 is 10.6 Å². The molecule has 2 N–H and O–H groups in total. The van der Waals surface area contributed by atoms with Gasteiger partial charge in [0.25, 0.3) is 0 Å². The molecule has 124 valence electrons. The monoisotopic (exact) mass is 297 g/mol. The van der Waals surface area contributed by atoms with Gasteiger partial charge < -0.3 is 15.4 Å². The molecular formula is C17H35N3O. The van der Waals surface area contributed by atoms with Crippen molar-refractivity contribution in [2.45, 2.75) is 64.2 Å².